The average molecular weight is 441 g/mol. The third-order valence-corrected chi connectivity index (χ3v) is 7.55. The fraction of sp³-hybridized carbons (Fsp3) is 0.304. The Morgan fingerprint density at radius 2 is 1.94 bits per heavy atom. The highest BCUT2D eigenvalue weighted by Crippen LogP contribution is 2.28. The Hall–Kier alpha value is -2.81. The van der Waals surface area contributed by atoms with Crippen LogP contribution in [-0.2, 0) is 26.2 Å². The van der Waals surface area contributed by atoms with E-state index in [9.17, 15) is 18.3 Å². The molecule has 1 fully saturated rings. The zero-order valence-electron chi connectivity index (χ0n) is 17.4. The van der Waals surface area contributed by atoms with E-state index in [4.69, 9.17) is 4.74 Å². The van der Waals surface area contributed by atoms with E-state index < -0.39 is 28.1 Å². The molecule has 4 rings (SSSR count). The highest BCUT2D eigenvalue weighted by molar-refractivity contribution is 7.89. The van der Waals surface area contributed by atoms with Crippen LogP contribution >= 0.6 is 0 Å². The maximum absolute atomic E-state index is 13.2. The zero-order valence-corrected chi connectivity index (χ0v) is 18.2. The molecule has 0 unspecified atom stereocenters. The summed E-state index contributed by atoms with van der Waals surface area (Å²) in [6, 6.07) is 13.1. The Morgan fingerprint density at radius 1 is 1.16 bits per heavy atom. The van der Waals surface area contributed by atoms with E-state index in [2.05, 4.69) is 4.98 Å². The lowest BCUT2D eigenvalue weighted by Crippen LogP contribution is -2.41. The van der Waals surface area contributed by atoms with Gasteiger partial charge in [0.2, 0.25) is 10.0 Å². The largest absolute Gasteiger partial charge is 0.460 e. The summed E-state index contributed by atoms with van der Waals surface area (Å²) in [4.78, 5) is 17.3. The quantitative estimate of drug-likeness (QED) is 0.613. The number of aryl methyl sites for hydroxylation is 2. The second kappa shape index (κ2) is 8.37. The van der Waals surface area contributed by atoms with Crippen molar-refractivity contribution in [3.8, 4) is 0 Å². The second-order valence-electron chi connectivity index (χ2n) is 7.83. The molecule has 7 nitrogen and oxygen atoms in total. The number of carbonyl (C=O) groups excluding carboxylic acids is 1. The summed E-state index contributed by atoms with van der Waals surface area (Å²) in [5, 5.41) is 11.1. The Balaban J connectivity index is 1.55. The number of aliphatic hydroxyl groups excluding tert-OH is 1. The van der Waals surface area contributed by atoms with E-state index in [0.717, 1.165) is 31.9 Å². The number of pyridine rings is 1. The molecule has 1 aromatic heterocycles. The second-order valence-corrected chi connectivity index (χ2v) is 9.72. The molecule has 1 saturated heterocycles. The van der Waals surface area contributed by atoms with Crippen molar-refractivity contribution < 1.29 is 23.1 Å². The molecule has 0 radical (unpaired) electrons. The van der Waals surface area contributed by atoms with Gasteiger partial charge >= 0.3 is 5.97 Å². The molecule has 2 atom stereocenters. The molecule has 0 spiro atoms. The van der Waals surface area contributed by atoms with Gasteiger partial charge in [0.25, 0.3) is 0 Å². The van der Waals surface area contributed by atoms with Crippen LogP contribution in [0.15, 0.2) is 59.6 Å². The molecule has 3 aromatic rings. The van der Waals surface area contributed by atoms with Crippen molar-refractivity contribution in [2.45, 2.75) is 43.9 Å². The van der Waals surface area contributed by atoms with Crippen molar-refractivity contribution in [3.63, 3.8) is 0 Å². The molecule has 1 aliphatic heterocycles. The number of aliphatic hydroxyl groups is 1. The predicted octanol–water partition coefficient (Wildman–Crippen LogP) is 2.72. The third kappa shape index (κ3) is 4.19. The van der Waals surface area contributed by atoms with Gasteiger partial charge in [0.15, 0.2) is 0 Å². The number of aromatic nitrogens is 1. The standard InChI is InChI=1S/C23H24N2O5S/c1-15-8-9-20(11-16(15)2)31(28,29)25-13-19(26)12-21(25)23(27)30-14-18-6-3-5-17-7-4-10-24-22(17)18/h3-11,19,21,26H,12-14H2,1-2H3/t19-,21+/m1/s1. The lowest BCUT2D eigenvalue weighted by atomic mass is 10.1. The lowest BCUT2D eigenvalue weighted by Gasteiger charge is -2.23. The van der Waals surface area contributed by atoms with Crippen molar-refractivity contribution in [1.82, 2.24) is 9.29 Å². The Bertz CT molecular complexity index is 1240. The summed E-state index contributed by atoms with van der Waals surface area (Å²) in [6.07, 6.45) is 0.730. The molecule has 1 aliphatic rings. The van der Waals surface area contributed by atoms with Crippen LogP contribution in [0.5, 0.6) is 0 Å². The van der Waals surface area contributed by atoms with Crippen LogP contribution in [0.25, 0.3) is 10.9 Å². The molecule has 2 heterocycles. The fourth-order valence-electron chi connectivity index (χ4n) is 3.80. The van der Waals surface area contributed by atoms with E-state index in [1.54, 1.807) is 18.3 Å². The summed E-state index contributed by atoms with van der Waals surface area (Å²) < 4.78 is 32.9. The first-order valence-electron chi connectivity index (χ1n) is 10.0. The van der Waals surface area contributed by atoms with Gasteiger partial charge in [-0.1, -0.05) is 30.3 Å². The van der Waals surface area contributed by atoms with Crippen molar-refractivity contribution in [2.75, 3.05) is 6.54 Å². The molecular weight excluding hydrogens is 416 g/mol. The molecule has 0 bridgehead atoms. The maximum atomic E-state index is 13.2. The number of benzene rings is 2. The minimum absolute atomic E-state index is 0.00328. The first-order valence-corrected chi connectivity index (χ1v) is 11.5. The van der Waals surface area contributed by atoms with Crippen LogP contribution in [0.4, 0.5) is 0 Å². The van der Waals surface area contributed by atoms with Gasteiger partial charge in [0.1, 0.15) is 12.6 Å². The fourth-order valence-corrected chi connectivity index (χ4v) is 5.51. The highest BCUT2D eigenvalue weighted by Gasteiger charge is 2.44. The molecule has 0 amide bonds. The number of hydrogen-bond donors (Lipinski definition) is 1. The van der Waals surface area contributed by atoms with Crippen LogP contribution in [0.1, 0.15) is 23.1 Å². The van der Waals surface area contributed by atoms with Crippen LogP contribution in [0.3, 0.4) is 0 Å². The van der Waals surface area contributed by atoms with Gasteiger partial charge < -0.3 is 9.84 Å². The van der Waals surface area contributed by atoms with Crippen molar-refractivity contribution in [2.24, 2.45) is 0 Å². The topological polar surface area (TPSA) is 96.8 Å². The molecule has 31 heavy (non-hydrogen) atoms. The monoisotopic (exact) mass is 440 g/mol. The van der Waals surface area contributed by atoms with Crippen LogP contribution in [0.2, 0.25) is 0 Å². The number of carbonyl (C=O) groups is 1. The van der Waals surface area contributed by atoms with Gasteiger partial charge in [-0.25, -0.2) is 8.42 Å². The number of fused-ring (bicyclic) bond motifs is 1. The van der Waals surface area contributed by atoms with E-state index in [1.165, 1.54) is 6.07 Å². The van der Waals surface area contributed by atoms with Crippen LogP contribution in [0, 0.1) is 13.8 Å². The molecule has 1 N–H and O–H groups in total. The summed E-state index contributed by atoms with van der Waals surface area (Å²) in [5.74, 6) is -0.683. The maximum Gasteiger partial charge on any atom is 0.324 e. The summed E-state index contributed by atoms with van der Waals surface area (Å²) >= 11 is 0. The van der Waals surface area contributed by atoms with Gasteiger partial charge in [-0.3, -0.25) is 9.78 Å². The number of nitrogens with zero attached hydrogens (tertiary/aromatic N) is 2. The first kappa shape index (κ1) is 21.4. The molecule has 0 saturated carbocycles. The third-order valence-electron chi connectivity index (χ3n) is 5.68. The van der Waals surface area contributed by atoms with Crippen molar-refractivity contribution in [1.29, 1.82) is 0 Å². The minimum Gasteiger partial charge on any atom is -0.460 e. The van der Waals surface area contributed by atoms with Crippen molar-refractivity contribution >= 4 is 26.9 Å². The SMILES string of the molecule is Cc1ccc(S(=O)(=O)N2C[C@H](O)C[C@H]2C(=O)OCc2cccc3cccnc23)cc1C. The number of rotatable bonds is 5. The van der Waals surface area contributed by atoms with Gasteiger partial charge in [0, 0.05) is 30.1 Å². The Kier molecular flexibility index (Phi) is 5.79. The Labute approximate surface area is 181 Å². The summed E-state index contributed by atoms with van der Waals surface area (Å²) in [6.45, 7) is 3.55. The molecular formula is C23H24N2O5S. The van der Waals surface area contributed by atoms with Gasteiger partial charge in [-0.05, 0) is 43.2 Å². The molecule has 162 valence electrons. The summed E-state index contributed by atoms with van der Waals surface area (Å²) in [5.41, 5.74) is 3.26. The molecule has 0 aliphatic carbocycles. The number of β-amino-alcohol motifs (C(OH)–C–C–N with tert-alkyl or cyclic N) is 1. The average Bonchev–Trinajstić information content (AvgIpc) is 3.16. The predicted molar refractivity (Wildman–Crippen MR) is 116 cm³/mol. The molecule has 8 heteroatoms. The highest BCUT2D eigenvalue weighted by atomic mass is 32.2. The lowest BCUT2D eigenvalue weighted by molar-refractivity contribution is -0.148. The van der Waals surface area contributed by atoms with E-state index >= 15 is 0 Å². The first-order chi connectivity index (χ1) is 14.8. The number of esters is 1. The smallest absolute Gasteiger partial charge is 0.324 e. The van der Waals surface area contributed by atoms with Gasteiger partial charge in [-0.2, -0.15) is 4.31 Å². The van der Waals surface area contributed by atoms with E-state index in [1.807, 2.05) is 44.2 Å². The van der Waals surface area contributed by atoms with E-state index in [-0.39, 0.29) is 24.5 Å². The zero-order chi connectivity index (χ0) is 22.2. The summed E-state index contributed by atoms with van der Waals surface area (Å²) in [7, 11) is -3.96. The Morgan fingerprint density at radius 3 is 2.71 bits per heavy atom. The van der Waals surface area contributed by atoms with Gasteiger partial charge in [0.05, 0.1) is 16.5 Å². The number of ether oxygens (including phenoxy) is 1. The minimum atomic E-state index is -3.96. The molecule has 2 aromatic carbocycles. The number of sulfonamides is 1. The van der Waals surface area contributed by atoms with Gasteiger partial charge in [-0.15, -0.1) is 0 Å². The normalized spacial score (nSPS) is 19.6. The van der Waals surface area contributed by atoms with Crippen LogP contribution < -0.4 is 0 Å². The van der Waals surface area contributed by atoms with Crippen LogP contribution in [-0.4, -0.2) is 47.5 Å². The number of hydrogen-bond acceptors (Lipinski definition) is 6. The number of para-hydroxylation sites is 1. The van der Waals surface area contributed by atoms with E-state index in [0.29, 0.717) is 0 Å². The van der Waals surface area contributed by atoms with Crippen molar-refractivity contribution in [3.05, 3.63) is 71.4 Å².